The van der Waals surface area contributed by atoms with Crippen molar-refractivity contribution in [3.05, 3.63) is 58.6 Å². The molecule has 0 aliphatic rings. The van der Waals surface area contributed by atoms with Crippen molar-refractivity contribution in [2.75, 3.05) is 0 Å². The SMILES string of the molecule is N=C(N)c1c(Cl)cccc1Oc1ccc(CO)cc1. The van der Waals surface area contributed by atoms with Gasteiger partial charge in [-0.25, -0.2) is 0 Å². The molecule has 0 radical (unpaired) electrons. The van der Waals surface area contributed by atoms with Gasteiger partial charge in [0.1, 0.15) is 17.3 Å². The van der Waals surface area contributed by atoms with Crippen molar-refractivity contribution in [1.82, 2.24) is 0 Å². The number of amidine groups is 1. The minimum absolute atomic E-state index is 0.0177. The first-order valence-electron chi connectivity index (χ1n) is 5.62. The number of hydrogen-bond donors (Lipinski definition) is 3. The summed E-state index contributed by atoms with van der Waals surface area (Å²) >= 11 is 6.00. The van der Waals surface area contributed by atoms with Gasteiger partial charge in [0.25, 0.3) is 0 Å². The highest BCUT2D eigenvalue weighted by Gasteiger charge is 2.11. The Morgan fingerprint density at radius 1 is 1.21 bits per heavy atom. The second-order valence-corrected chi connectivity index (χ2v) is 4.34. The predicted molar refractivity (Wildman–Crippen MR) is 74.9 cm³/mol. The quantitative estimate of drug-likeness (QED) is 0.593. The van der Waals surface area contributed by atoms with Crippen LogP contribution in [-0.4, -0.2) is 10.9 Å². The van der Waals surface area contributed by atoms with Crippen LogP contribution in [-0.2, 0) is 6.61 Å². The Labute approximate surface area is 115 Å². The number of rotatable bonds is 4. The summed E-state index contributed by atoms with van der Waals surface area (Å²) in [5, 5.41) is 16.9. The maximum atomic E-state index is 8.97. The van der Waals surface area contributed by atoms with E-state index in [1.165, 1.54) is 0 Å². The monoisotopic (exact) mass is 276 g/mol. The molecule has 4 N–H and O–H groups in total. The number of nitrogen functional groups attached to an aromatic ring is 1. The molecule has 0 amide bonds. The molecule has 0 saturated carbocycles. The van der Waals surface area contributed by atoms with Crippen molar-refractivity contribution >= 4 is 17.4 Å². The Kier molecular flexibility index (Phi) is 4.04. The summed E-state index contributed by atoms with van der Waals surface area (Å²) in [5.41, 5.74) is 6.67. The van der Waals surface area contributed by atoms with Crippen molar-refractivity contribution in [2.24, 2.45) is 5.73 Å². The van der Waals surface area contributed by atoms with Gasteiger partial charge in [0.05, 0.1) is 17.2 Å². The number of nitrogens with two attached hydrogens (primary N) is 1. The van der Waals surface area contributed by atoms with Crippen LogP contribution in [0.3, 0.4) is 0 Å². The normalized spacial score (nSPS) is 10.2. The van der Waals surface area contributed by atoms with E-state index in [1.54, 1.807) is 42.5 Å². The molecule has 0 fully saturated rings. The van der Waals surface area contributed by atoms with Crippen LogP contribution >= 0.6 is 11.6 Å². The zero-order valence-corrected chi connectivity index (χ0v) is 10.8. The lowest BCUT2D eigenvalue weighted by Crippen LogP contribution is -2.13. The molecule has 5 heteroatoms. The number of nitrogens with one attached hydrogen (secondary N) is 1. The number of hydrogen-bond acceptors (Lipinski definition) is 3. The Morgan fingerprint density at radius 3 is 2.47 bits per heavy atom. The number of benzene rings is 2. The van der Waals surface area contributed by atoms with Gasteiger partial charge in [0.15, 0.2) is 0 Å². The maximum absolute atomic E-state index is 8.97. The number of aliphatic hydroxyl groups is 1. The third-order valence-corrected chi connectivity index (χ3v) is 2.89. The van der Waals surface area contributed by atoms with Crippen LogP contribution in [0, 0.1) is 5.41 Å². The molecule has 0 unspecified atom stereocenters. The molecular formula is C14H13ClN2O2. The molecular weight excluding hydrogens is 264 g/mol. The van der Waals surface area contributed by atoms with E-state index in [4.69, 9.17) is 32.6 Å². The molecule has 0 heterocycles. The van der Waals surface area contributed by atoms with Gasteiger partial charge < -0.3 is 15.6 Å². The summed E-state index contributed by atoms with van der Waals surface area (Å²) < 4.78 is 5.66. The van der Waals surface area contributed by atoms with Gasteiger partial charge in [-0.2, -0.15) is 0 Å². The second-order valence-electron chi connectivity index (χ2n) is 3.93. The molecule has 0 saturated heterocycles. The molecule has 4 nitrogen and oxygen atoms in total. The lowest BCUT2D eigenvalue weighted by molar-refractivity contribution is 0.281. The minimum atomic E-state index is -0.146. The van der Waals surface area contributed by atoms with Crippen molar-refractivity contribution in [1.29, 1.82) is 5.41 Å². The summed E-state index contributed by atoms with van der Waals surface area (Å²) in [4.78, 5) is 0. The number of halogens is 1. The van der Waals surface area contributed by atoms with Crippen molar-refractivity contribution < 1.29 is 9.84 Å². The highest BCUT2D eigenvalue weighted by Crippen LogP contribution is 2.30. The smallest absolute Gasteiger partial charge is 0.139 e. The van der Waals surface area contributed by atoms with E-state index in [2.05, 4.69) is 0 Å². The van der Waals surface area contributed by atoms with Crippen molar-refractivity contribution in [3.8, 4) is 11.5 Å². The molecule has 2 rings (SSSR count). The van der Waals surface area contributed by atoms with Gasteiger partial charge >= 0.3 is 0 Å². The molecule has 19 heavy (non-hydrogen) atoms. The fourth-order valence-corrected chi connectivity index (χ4v) is 1.91. The van der Waals surface area contributed by atoms with Crippen LogP contribution < -0.4 is 10.5 Å². The zero-order chi connectivity index (χ0) is 13.8. The molecule has 0 bridgehead atoms. The van der Waals surface area contributed by atoms with Gasteiger partial charge in [-0.3, -0.25) is 5.41 Å². The maximum Gasteiger partial charge on any atom is 0.139 e. The van der Waals surface area contributed by atoms with Gasteiger partial charge in [-0.05, 0) is 29.8 Å². The van der Waals surface area contributed by atoms with Gasteiger partial charge in [0, 0.05) is 0 Å². The summed E-state index contributed by atoms with van der Waals surface area (Å²) in [7, 11) is 0. The molecule has 98 valence electrons. The molecule has 0 aromatic heterocycles. The van der Waals surface area contributed by atoms with Crippen molar-refractivity contribution in [2.45, 2.75) is 6.61 Å². The summed E-state index contributed by atoms with van der Waals surface area (Å²) in [6.45, 7) is -0.0177. The van der Waals surface area contributed by atoms with E-state index in [0.29, 0.717) is 22.1 Å². The summed E-state index contributed by atoms with van der Waals surface area (Å²) in [6.07, 6.45) is 0. The molecule has 2 aromatic rings. The first-order valence-corrected chi connectivity index (χ1v) is 6.00. The Hall–Kier alpha value is -2.04. The van der Waals surface area contributed by atoms with E-state index < -0.39 is 0 Å². The topological polar surface area (TPSA) is 79.3 Å². The summed E-state index contributed by atoms with van der Waals surface area (Å²) in [6, 6.07) is 12.1. The Morgan fingerprint density at radius 2 is 1.89 bits per heavy atom. The van der Waals surface area contributed by atoms with Gasteiger partial charge in [-0.1, -0.05) is 29.8 Å². The molecule has 2 aromatic carbocycles. The van der Waals surface area contributed by atoms with E-state index in [-0.39, 0.29) is 12.4 Å². The van der Waals surface area contributed by atoms with E-state index >= 15 is 0 Å². The Balaban J connectivity index is 2.32. The molecule has 0 spiro atoms. The fourth-order valence-electron chi connectivity index (χ4n) is 1.64. The first-order chi connectivity index (χ1) is 9.11. The minimum Gasteiger partial charge on any atom is -0.457 e. The van der Waals surface area contributed by atoms with Crippen LogP contribution in [0.2, 0.25) is 5.02 Å². The van der Waals surface area contributed by atoms with Crippen LogP contribution in [0.4, 0.5) is 0 Å². The highest BCUT2D eigenvalue weighted by atomic mass is 35.5. The molecule has 0 aliphatic carbocycles. The predicted octanol–water partition coefficient (Wildman–Crippen LogP) is 2.91. The van der Waals surface area contributed by atoms with Crippen LogP contribution in [0.25, 0.3) is 0 Å². The third kappa shape index (κ3) is 3.05. The standard InChI is InChI=1S/C14H13ClN2O2/c15-11-2-1-3-12(13(11)14(16)17)19-10-6-4-9(8-18)5-7-10/h1-7,18H,8H2,(H3,16,17). The van der Waals surface area contributed by atoms with Crippen molar-refractivity contribution in [3.63, 3.8) is 0 Å². The lowest BCUT2D eigenvalue weighted by atomic mass is 10.2. The first kappa shape index (κ1) is 13.4. The second kappa shape index (κ2) is 5.73. The lowest BCUT2D eigenvalue weighted by Gasteiger charge is -2.11. The van der Waals surface area contributed by atoms with Crippen LogP contribution in [0.5, 0.6) is 11.5 Å². The third-order valence-electron chi connectivity index (χ3n) is 2.58. The van der Waals surface area contributed by atoms with Gasteiger partial charge in [0.2, 0.25) is 0 Å². The average molecular weight is 277 g/mol. The molecule has 0 atom stereocenters. The fraction of sp³-hybridized carbons (Fsp3) is 0.0714. The Bertz CT molecular complexity index is 597. The molecule has 0 aliphatic heterocycles. The number of aliphatic hydroxyl groups excluding tert-OH is 1. The van der Waals surface area contributed by atoms with Crippen LogP contribution in [0.15, 0.2) is 42.5 Å². The average Bonchev–Trinajstić information content (AvgIpc) is 2.39. The highest BCUT2D eigenvalue weighted by molar-refractivity contribution is 6.34. The zero-order valence-electron chi connectivity index (χ0n) is 10.1. The van der Waals surface area contributed by atoms with Crippen LogP contribution in [0.1, 0.15) is 11.1 Å². The summed E-state index contributed by atoms with van der Waals surface area (Å²) in [5.74, 6) is 0.867. The van der Waals surface area contributed by atoms with Gasteiger partial charge in [-0.15, -0.1) is 0 Å². The number of ether oxygens (including phenoxy) is 1. The van der Waals surface area contributed by atoms with E-state index in [0.717, 1.165) is 5.56 Å². The van der Waals surface area contributed by atoms with E-state index in [1.807, 2.05) is 0 Å². The van der Waals surface area contributed by atoms with E-state index in [9.17, 15) is 0 Å². The largest absolute Gasteiger partial charge is 0.457 e.